The maximum Gasteiger partial charge on any atom is 0.243 e. The molecule has 9 heteroatoms. The monoisotopic (exact) mass is 398 g/mol. The van der Waals surface area contributed by atoms with E-state index in [0.29, 0.717) is 22.2 Å². The molecular weight excluding hydrogens is 380 g/mol. The number of ether oxygens (including phenoxy) is 2. The average molecular weight is 398 g/mol. The molecule has 28 heavy (non-hydrogen) atoms. The van der Waals surface area contributed by atoms with E-state index in [2.05, 4.69) is 16.7 Å². The van der Waals surface area contributed by atoms with Crippen molar-refractivity contribution in [2.24, 2.45) is 11.3 Å². The van der Waals surface area contributed by atoms with Crippen LogP contribution < -0.4 is 20.1 Å². The second-order valence-electron chi connectivity index (χ2n) is 6.91. The minimum absolute atomic E-state index is 0.142. The van der Waals surface area contributed by atoms with E-state index in [1.165, 1.54) is 0 Å². The summed E-state index contributed by atoms with van der Waals surface area (Å²) < 4.78 is 10.5. The third-order valence-electron chi connectivity index (χ3n) is 4.64. The molecular formula is C19H18N4O4S. The van der Waals surface area contributed by atoms with Crippen molar-refractivity contribution in [2.45, 2.75) is 26.0 Å². The SMILES string of the molecule is C[C@@H](SC1=C(C#N)C(C)(C)[C@H](C#N)C(=O)N1)C(=O)Nc1ccc2c(c1)OCO2. The third kappa shape index (κ3) is 3.49. The molecule has 3 rings (SSSR count). The van der Waals surface area contributed by atoms with Gasteiger partial charge in [-0.15, -0.1) is 0 Å². The topological polar surface area (TPSA) is 124 Å². The maximum atomic E-state index is 12.6. The second-order valence-corrected chi connectivity index (χ2v) is 8.26. The van der Waals surface area contributed by atoms with Gasteiger partial charge in [0, 0.05) is 17.2 Å². The first-order chi connectivity index (χ1) is 13.3. The minimum atomic E-state index is -0.968. The fourth-order valence-corrected chi connectivity index (χ4v) is 4.07. The molecule has 8 nitrogen and oxygen atoms in total. The standard InChI is InChI=1S/C19H18N4O4S/c1-10(16(24)22-11-4-5-14-15(6-11)27-9-26-14)28-18-13(8-21)19(2,3)12(7-20)17(25)23-18/h4-6,10,12H,9H2,1-3H3,(H,22,24)(H,23,25)/t10-,12-/m1/s1. The molecule has 2 aliphatic rings. The van der Waals surface area contributed by atoms with E-state index in [1.54, 1.807) is 39.0 Å². The van der Waals surface area contributed by atoms with Crippen LogP contribution in [-0.4, -0.2) is 23.9 Å². The summed E-state index contributed by atoms with van der Waals surface area (Å²) in [5.41, 5.74) is -0.109. The van der Waals surface area contributed by atoms with Crippen LogP contribution in [-0.2, 0) is 9.59 Å². The van der Waals surface area contributed by atoms with E-state index < -0.39 is 22.5 Å². The molecule has 144 valence electrons. The largest absolute Gasteiger partial charge is 0.454 e. The van der Waals surface area contributed by atoms with Gasteiger partial charge in [-0.3, -0.25) is 9.59 Å². The molecule has 1 aromatic carbocycles. The fourth-order valence-electron chi connectivity index (χ4n) is 2.96. The van der Waals surface area contributed by atoms with Gasteiger partial charge in [0.05, 0.1) is 28.0 Å². The molecule has 0 saturated carbocycles. The molecule has 0 aliphatic carbocycles. The highest BCUT2D eigenvalue weighted by molar-refractivity contribution is 8.04. The quantitative estimate of drug-likeness (QED) is 0.798. The van der Waals surface area contributed by atoms with Gasteiger partial charge in [-0.2, -0.15) is 10.5 Å². The van der Waals surface area contributed by atoms with Crippen molar-refractivity contribution >= 4 is 29.3 Å². The lowest BCUT2D eigenvalue weighted by atomic mass is 9.72. The number of anilines is 1. The molecule has 1 aromatic rings. The van der Waals surface area contributed by atoms with Crippen molar-refractivity contribution in [3.05, 3.63) is 28.8 Å². The van der Waals surface area contributed by atoms with Gasteiger partial charge in [-0.1, -0.05) is 25.6 Å². The molecule has 0 spiro atoms. The van der Waals surface area contributed by atoms with Gasteiger partial charge in [0.1, 0.15) is 5.92 Å². The molecule has 0 bridgehead atoms. The Morgan fingerprint density at radius 1 is 1.36 bits per heavy atom. The van der Waals surface area contributed by atoms with Crippen LogP contribution in [0.15, 0.2) is 28.8 Å². The predicted molar refractivity (Wildman–Crippen MR) is 102 cm³/mol. The summed E-state index contributed by atoms with van der Waals surface area (Å²) in [5, 5.41) is 23.9. The lowest BCUT2D eigenvalue weighted by Crippen LogP contribution is -2.45. The van der Waals surface area contributed by atoms with Gasteiger partial charge < -0.3 is 20.1 Å². The molecule has 2 N–H and O–H groups in total. The number of amides is 2. The normalized spacial score (nSPS) is 20.6. The maximum absolute atomic E-state index is 12.6. The lowest BCUT2D eigenvalue weighted by Gasteiger charge is -2.35. The summed E-state index contributed by atoms with van der Waals surface area (Å²) in [6.07, 6.45) is 0. The van der Waals surface area contributed by atoms with Crippen molar-refractivity contribution in [3.8, 4) is 23.6 Å². The molecule has 2 aliphatic heterocycles. The highest BCUT2D eigenvalue weighted by Gasteiger charge is 2.45. The van der Waals surface area contributed by atoms with Crippen molar-refractivity contribution < 1.29 is 19.1 Å². The summed E-state index contributed by atoms with van der Waals surface area (Å²) in [6.45, 7) is 5.17. The van der Waals surface area contributed by atoms with Crippen LogP contribution in [0.3, 0.4) is 0 Å². The van der Waals surface area contributed by atoms with Crippen LogP contribution in [0.25, 0.3) is 0 Å². The number of nitrogens with zero attached hydrogens (tertiary/aromatic N) is 2. The Bertz CT molecular complexity index is 958. The Labute approximate surface area is 166 Å². The Morgan fingerprint density at radius 3 is 2.75 bits per heavy atom. The number of hydrogen-bond acceptors (Lipinski definition) is 7. The molecule has 2 atom stereocenters. The number of fused-ring (bicyclic) bond motifs is 1. The number of rotatable bonds is 4. The molecule has 0 radical (unpaired) electrons. The van der Waals surface area contributed by atoms with E-state index in [0.717, 1.165) is 11.8 Å². The Hall–Kier alpha value is -3.17. The van der Waals surface area contributed by atoms with Gasteiger partial charge in [-0.25, -0.2) is 0 Å². The van der Waals surface area contributed by atoms with Crippen LogP contribution in [0, 0.1) is 34.0 Å². The van der Waals surface area contributed by atoms with Crippen LogP contribution in [0.5, 0.6) is 11.5 Å². The van der Waals surface area contributed by atoms with Gasteiger partial charge in [0.25, 0.3) is 0 Å². The Morgan fingerprint density at radius 2 is 2.07 bits per heavy atom. The van der Waals surface area contributed by atoms with E-state index >= 15 is 0 Å². The third-order valence-corrected chi connectivity index (χ3v) is 5.75. The van der Waals surface area contributed by atoms with E-state index in [9.17, 15) is 20.1 Å². The highest BCUT2D eigenvalue weighted by atomic mass is 32.2. The predicted octanol–water partition coefficient (Wildman–Crippen LogP) is 2.51. The van der Waals surface area contributed by atoms with Crippen molar-refractivity contribution in [1.29, 1.82) is 10.5 Å². The van der Waals surface area contributed by atoms with E-state index in [-0.39, 0.29) is 18.3 Å². The van der Waals surface area contributed by atoms with Crippen LogP contribution in [0.2, 0.25) is 0 Å². The molecule has 0 saturated heterocycles. The zero-order valence-electron chi connectivity index (χ0n) is 15.5. The van der Waals surface area contributed by atoms with Gasteiger partial charge >= 0.3 is 0 Å². The van der Waals surface area contributed by atoms with Gasteiger partial charge in [-0.05, 0) is 19.1 Å². The van der Waals surface area contributed by atoms with Gasteiger partial charge in [0.2, 0.25) is 18.6 Å². The number of thioether (sulfide) groups is 1. The van der Waals surface area contributed by atoms with Crippen molar-refractivity contribution in [3.63, 3.8) is 0 Å². The summed E-state index contributed by atoms with van der Waals surface area (Å²) in [5.74, 6) is -0.579. The number of nitriles is 2. The lowest BCUT2D eigenvalue weighted by molar-refractivity contribution is -0.125. The van der Waals surface area contributed by atoms with E-state index in [4.69, 9.17) is 9.47 Å². The first kappa shape index (κ1) is 19.6. The number of nitrogens with one attached hydrogen (secondary N) is 2. The van der Waals surface area contributed by atoms with Crippen molar-refractivity contribution in [2.75, 3.05) is 12.1 Å². The number of benzene rings is 1. The molecule has 0 unspecified atom stereocenters. The highest BCUT2D eigenvalue weighted by Crippen LogP contribution is 2.42. The zero-order valence-corrected chi connectivity index (χ0v) is 16.3. The number of carbonyl (C=O) groups excluding carboxylic acids is 2. The van der Waals surface area contributed by atoms with Gasteiger partial charge in [0.15, 0.2) is 11.5 Å². The first-order valence-corrected chi connectivity index (χ1v) is 9.38. The van der Waals surface area contributed by atoms with Crippen molar-refractivity contribution in [1.82, 2.24) is 5.32 Å². The number of allylic oxidation sites excluding steroid dienone is 1. The van der Waals surface area contributed by atoms with Crippen LogP contribution >= 0.6 is 11.8 Å². The summed E-state index contributed by atoms with van der Waals surface area (Å²) in [6, 6.07) is 9.11. The average Bonchev–Trinajstić information content (AvgIpc) is 3.09. The van der Waals surface area contributed by atoms with E-state index in [1.807, 2.05) is 6.07 Å². The number of hydrogen-bond donors (Lipinski definition) is 2. The minimum Gasteiger partial charge on any atom is -0.454 e. The summed E-state index contributed by atoms with van der Waals surface area (Å²) >= 11 is 1.07. The summed E-state index contributed by atoms with van der Waals surface area (Å²) in [7, 11) is 0. The second kappa shape index (κ2) is 7.45. The number of carbonyl (C=O) groups is 2. The van der Waals surface area contributed by atoms with Crippen LogP contribution in [0.4, 0.5) is 5.69 Å². The first-order valence-electron chi connectivity index (χ1n) is 8.50. The Balaban J connectivity index is 1.76. The molecule has 2 amide bonds. The summed E-state index contributed by atoms with van der Waals surface area (Å²) in [4.78, 5) is 24.8. The van der Waals surface area contributed by atoms with Crippen LogP contribution in [0.1, 0.15) is 20.8 Å². The molecule has 2 heterocycles. The smallest absolute Gasteiger partial charge is 0.243 e. The fraction of sp³-hybridized carbons (Fsp3) is 0.368. The zero-order chi connectivity index (χ0) is 20.5. The Kier molecular flexibility index (Phi) is 5.21. The molecule has 0 aromatic heterocycles. The molecule has 0 fully saturated rings.